The van der Waals surface area contributed by atoms with Gasteiger partial charge in [0.25, 0.3) is 5.91 Å². The third kappa shape index (κ3) is 3.79. The quantitative estimate of drug-likeness (QED) is 0.686. The van der Waals surface area contributed by atoms with E-state index in [2.05, 4.69) is 24.0 Å². The van der Waals surface area contributed by atoms with Crippen LogP contribution in [0.4, 0.5) is 4.39 Å². The first-order valence-electron chi connectivity index (χ1n) is 11.9. The summed E-state index contributed by atoms with van der Waals surface area (Å²) < 4.78 is 19.2. The molecule has 2 amide bonds. The molecule has 1 saturated carbocycles. The van der Waals surface area contributed by atoms with E-state index in [0.717, 1.165) is 32.1 Å². The van der Waals surface area contributed by atoms with Crippen molar-refractivity contribution in [2.75, 3.05) is 6.61 Å². The highest BCUT2D eigenvalue weighted by Gasteiger charge is 2.64. The highest BCUT2D eigenvalue weighted by Crippen LogP contribution is 2.56. The molecule has 0 N–H and O–H groups in total. The van der Waals surface area contributed by atoms with Crippen molar-refractivity contribution in [2.24, 2.45) is 5.41 Å². The molecule has 1 aliphatic carbocycles. The summed E-state index contributed by atoms with van der Waals surface area (Å²) in [5, 5.41) is 0. The third-order valence-corrected chi connectivity index (χ3v) is 8.05. The molecule has 2 aliphatic heterocycles. The number of rotatable bonds is 5. The number of nitrogens with zero attached hydrogens (tertiary/aromatic N) is 2. The van der Waals surface area contributed by atoms with Crippen LogP contribution >= 0.6 is 0 Å². The van der Waals surface area contributed by atoms with E-state index in [1.54, 1.807) is 19.1 Å². The van der Waals surface area contributed by atoms with E-state index in [4.69, 9.17) is 4.74 Å². The maximum absolute atomic E-state index is 13.6. The molecule has 2 aromatic carbocycles. The number of halogens is 1. The zero-order valence-electron chi connectivity index (χ0n) is 19.2. The minimum Gasteiger partial charge on any atom is -0.484 e. The average molecular weight is 451 g/mol. The molecule has 0 spiro atoms. The fourth-order valence-corrected chi connectivity index (χ4v) is 6.77. The number of hydrogen-bond acceptors (Lipinski definition) is 3. The van der Waals surface area contributed by atoms with Crippen molar-refractivity contribution >= 4 is 11.8 Å². The number of hydrogen-bond donors (Lipinski definition) is 0. The first-order chi connectivity index (χ1) is 15.9. The number of fused-ring (bicyclic) bond motifs is 1. The van der Waals surface area contributed by atoms with Crippen LogP contribution < -0.4 is 4.74 Å². The van der Waals surface area contributed by atoms with Gasteiger partial charge < -0.3 is 14.5 Å². The highest BCUT2D eigenvalue weighted by atomic mass is 19.1. The molecule has 5 atom stereocenters. The molecule has 2 heterocycles. The predicted octanol–water partition coefficient (Wildman–Crippen LogP) is 4.21. The monoisotopic (exact) mass is 450 g/mol. The Morgan fingerprint density at radius 3 is 2.48 bits per heavy atom. The Balaban J connectivity index is 1.46. The Labute approximate surface area is 194 Å². The van der Waals surface area contributed by atoms with Crippen molar-refractivity contribution in [1.82, 2.24) is 9.80 Å². The van der Waals surface area contributed by atoms with Crippen molar-refractivity contribution in [1.29, 1.82) is 0 Å². The SMILES string of the molecule is CC(=O)N1[C@@H](Cc2ccccc2)[C@@H]2C[C@@]3(C)[C@H](CCC[C@@H]13)N2C(=O)COc1cccc(F)c1. The maximum atomic E-state index is 13.6. The van der Waals surface area contributed by atoms with Gasteiger partial charge in [0.1, 0.15) is 11.6 Å². The lowest BCUT2D eigenvalue weighted by Crippen LogP contribution is -2.62. The van der Waals surface area contributed by atoms with Crippen LogP contribution in [-0.2, 0) is 16.0 Å². The van der Waals surface area contributed by atoms with Gasteiger partial charge in [0.15, 0.2) is 6.61 Å². The molecule has 5 nitrogen and oxygen atoms in total. The third-order valence-electron chi connectivity index (χ3n) is 8.05. The van der Waals surface area contributed by atoms with Crippen LogP contribution in [-0.4, -0.2) is 52.4 Å². The largest absolute Gasteiger partial charge is 0.484 e. The number of carbonyl (C=O) groups excluding carboxylic acids is 2. The normalized spacial score (nSPS) is 30.3. The van der Waals surface area contributed by atoms with Gasteiger partial charge >= 0.3 is 0 Å². The maximum Gasteiger partial charge on any atom is 0.261 e. The number of carbonyl (C=O) groups is 2. The standard InChI is InChI=1S/C27H31FN2O3/c1-18(31)29-22(14-19-8-4-3-5-9-19)23-16-27(2)24(29)12-7-13-25(27)30(23)26(32)17-33-21-11-6-10-20(28)15-21/h3-6,8-11,15,22-25H,7,12-14,16-17H2,1-2H3/t22-,23-,24+,25-,27+/m0/s1. The minimum absolute atomic E-state index is 0.0536. The van der Waals surface area contributed by atoms with E-state index in [-0.39, 0.29) is 53.8 Å². The topological polar surface area (TPSA) is 49.9 Å². The van der Waals surface area contributed by atoms with Crippen molar-refractivity contribution in [2.45, 2.75) is 70.1 Å². The van der Waals surface area contributed by atoms with Crippen molar-refractivity contribution in [3.05, 3.63) is 66.0 Å². The predicted molar refractivity (Wildman–Crippen MR) is 123 cm³/mol. The molecule has 3 aliphatic rings. The number of piperidine rings is 1. The van der Waals surface area contributed by atoms with Crippen molar-refractivity contribution < 1.29 is 18.7 Å². The van der Waals surface area contributed by atoms with E-state index < -0.39 is 0 Å². The van der Waals surface area contributed by atoms with Crippen molar-refractivity contribution in [3.8, 4) is 5.75 Å². The second kappa shape index (κ2) is 8.47. The molecule has 0 aromatic heterocycles. The summed E-state index contributed by atoms with van der Waals surface area (Å²) in [6, 6.07) is 16.2. The molecule has 2 aromatic rings. The van der Waals surface area contributed by atoms with Gasteiger partial charge in [-0.15, -0.1) is 0 Å². The Morgan fingerprint density at radius 2 is 1.79 bits per heavy atom. The molecule has 3 fully saturated rings. The number of amides is 2. The Bertz CT molecular complexity index is 1040. The van der Waals surface area contributed by atoms with E-state index in [0.29, 0.717) is 5.75 Å². The summed E-state index contributed by atoms with van der Waals surface area (Å²) in [5.41, 5.74) is 1.05. The summed E-state index contributed by atoms with van der Waals surface area (Å²) in [5.74, 6) is -0.0333. The molecule has 0 unspecified atom stereocenters. The zero-order chi connectivity index (χ0) is 23.2. The highest BCUT2D eigenvalue weighted by molar-refractivity contribution is 5.80. The molecule has 2 saturated heterocycles. The number of benzene rings is 2. The van der Waals surface area contributed by atoms with Crippen LogP contribution in [0, 0.1) is 11.2 Å². The Kier molecular flexibility index (Phi) is 5.63. The van der Waals surface area contributed by atoms with Gasteiger partial charge in [0.2, 0.25) is 5.91 Å². The summed E-state index contributed by atoms with van der Waals surface area (Å²) >= 11 is 0. The van der Waals surface area contributed by atoms with Gasteiger partial charge in [0, 0.05) is 30.5 Å². The second-order valence-electron chi connectivity index (χ2n) is 9.97. The van der Waals surface area contributed by atoms with E-state index in [9.17, 15) is 14.0 Å². The summed E-state index contributed by atoms with van der Waals surface area (Å²) in [7, 11) is 0. The van der Waals surface area contributed by atoms with E-state index in [1.165, 1.54) is 17.7 Å². The molecular formula is C27H31FN2O3. The minimum atomic E-state index is -0.389. The number of ether oxygens (including phenoxy) is 1. The summed E-state index contributed by atoms with van der Waals surface area (Å²) in [6.45, 7) is 3.79. The Morgan fingerprint density at radius 1 is 1.06 bits per heavy atom. The van der Waals surface area contributed by atoms with Crippen LogP contribution in [0.25, 0.3) is 0 Å². The van der Waals surface area contributed by atoms with Gasteiger partial charge in [-0.2, -0.15) is 0 Å². The van der Waals surface area contributed by atoms with Crippen molar-refractivity contribution in [3.63, 3.8) is 0 Å². The van der Waals surface area contributed by atoms with Crippen LogP contribution in [0.15, 0.2) is 54.6 Å². The molecule has 5 rings (SSSR count). The fraction of sp³-hybridized carbons (Fsp3) is 0.481. The molecule has 0 radical (unpaired) electrons. The zero-order valence-corrected chi connectivity index (χ0v) is 19.2. The smallest absolute Gasteiger partial charge is 0.261 e. The first-order valence-corrected chi connectivity index (χ1v) is 11.9. The fourth-order valence-electron chi connectivity index (χ4n) is 6.77. The van der Waals surface area contributed by atoms with Gasteiger partial charge in [-0.25, -0.2) is 4.39 Å². The van der Waals surface area contributed by atoms with Crippen LogP contribution in [0.2, 0.25) is 0 Å². The molecular weight excluding hydrogens is 419 g/mol. The van der Waals surface area contributed by atoms with Gasteiger partial charge in [-0.05, 0) is 49.8 Å². The molecule has 6 heteroatoms. The number of likely N-dealkylation sites (tertiary alicyclic amines) is 2. The van der Waals surface area contributed by atoms with Crippen LogP contribution in [0.5, 0.6) is 5.75 Å². The molecule has 33 heavy (non-hydrogen) atoms. The molecule has 174 valence electrons. The lowest BCUT2D eigenvalue weighted by atomic mass is 9.64. The van der Waals surface area contributed by atoms with Crippen LogP contribution in [0.3, 0.4) is 0 Å². The lowest BCUT2D eigenvalue weighted by molar-refractivity contribution is -0.143. The first kappa shape index (κ1) is 21.9. The Hall–Kier alpha value is -2.89. The summed E-state index contributed by atoms with van der Waals surface area (Å²) in [6.07, 6.45) is 4.54. The molecule has 2 bridgehead atoms. The van der Waals surface area contributed by atoms with E-state index >= 15 is 0 Å². The van der Waals surface area contributed by atoms with E-state index in [1.807, 2.05) is 23.1 Å². The summed E-state index contributed by atoms with van der Waals surface area (Å²) in [4.78, 5) is 30.6. The van der Waals surface area contributed by atoms with Crippen LogP contribution in [0.1, 0.15) is 45.1 Å². The second-order valence-corrected chi connectivity index (χ2v) is 9.97. The van der Waals surface area contributed by atoms with Gasteiger partial charge in [0.05, 0.1) is 12.1 Å². The lowest BCUT2D eigenvalue weighted by Gasteiger charge is -2.52. The van der Waals surface area contributed by atoms with Gasteiger partial charge in [-0.3, -0.25) is 9.59 Å². The average Bonchev–Trinajstić information content (AvgIpc) is 3.10. The van der Waals surface area contributed by atoms with Gasteiger partial charge in [-0.1, -0.05) is 43.3 Å².